The fourth-order valence-electron chi connectivity index (χ4n) is 1.09. The third kappa shape index (κ3) is 2.79. The molecule has 0 radical (unpaired) electrons. The number of aliphatic carboxylic acids is 1. The molecule has 1 aromatic carbocycles. The lowest BCUT2D eigenvalue weighted by Gasteiger charge is -2.09. The number of carboxylic acids is 1. The van der Waals surface area contributed by atoms with Crippen molar-refractivity contribution in [2.24, 2.45) is 5.92 Å². The first kappa shape index (κ1) is 12.2. The van der Waals surface area contributed by atoms with Crippen LogP contribution in [0.5, 0.6) is 0 Å². The van der Waals surface area contributed by atoms with E-state index in [0.29, 0.717) is 0 Å². The van der Waals surface area contributed by atoms with E-state index < -0.39 is 23.6 Å². The molecule has 0 bridgehead atoms. The van der Waals surface area contributed by atoms with E-state index in [1.54, 1.807) is 13.0 Å². The molecule has 0 spiro atoms. The van der Waals surface area contributed by atoms with Gasteiger partial charge in [0.25, 0.3) is 0 Å². The normalized spacial score (nSPS) is 11.9. The Morgan fingerprint density at radius 3 is 2.62 bits per heavy atom. The van der Waals surface area contributed by atoms with Crippen molar-refractivity contribution in [3.05, 3.63) is 29.6 Å². The number of hydrogen-bond donors (Lipinski definition) is 2. The maximum atomic E-state index is 13.2. The molecule has 0 fully saturated rings. The Morgan fingerprint density at radius 1 is 1.44 bits per heavy atom. The number of carbonyl (C=O) groups excluding carboxylic acids is 1. The molecule has 0 aliphatic heterocycles. The van der Waals surface area contributed by atoms with E-state index in [0.717, 1.165) is 5.56 Å². The van der Waals surface area contributed by atoms with Crippen molar-refractivity contribution in [3.63, 3.8) is 0 Å². The molecule has 0 saturated carbocycles. The van der Waals surface area contributed by atoms with Crippen LogP contribution < -0.4 is 5.32 Å². The zero-order chi connectivity index (χ0) is 12.3. The van der Waals surface area contributed by atoms with E-state index in [-0.39, 0.29) is 5.69 Å². The van der Waals surface area contributed by atoms with Gasteiger partial charge in [-0.2, -0.15) is 0 Å². The van der Waals surface area contributed by atoms with Gasteiger partial charge in [0, 0.05) is 0 Å². The van der Waals surface area contributed by atoms with E-state index >= 15 is 0 Å². The average molecular weight is 225 g/mol. The molecule has 86 valence electrons. The van der Waals surface area contributed by atoms with Gasteiger partial charge in [0.05, 0.1) is 5.69 Å². The Morgan fingerprint density at radius 2 is 2.06 bits per heavy atom. The number of carboxylic acid groups (broad SMARTS) is 1. The quantitative estimate of drug-likeness (QED) is 0.771. The summed E-state index contributed by atoms with van der Waals surface area (Å²) in [6.07, 6.45) is 0. The average Bonchev–Trinajstić information content (AvgIpc) is 2.22. The molecule has 5 heteroatoms. The van der Waals surface area contributed by atoms with Gasteiger partial charge >= 0.3 is 5.97 Å². The third-order valence-electron chi connectivity index (χ3n) is 2.14. The number of carbonyl (C=O) groups is 2. The van der Waals surface area contributed by atoms with Crippen molar-refractivity contribution < 1.29 is 19.1 Å². The van der Waals surface area contributed by atoms with Gasteiger partial charge < -0.3 is 10.4 Å². The van der Waals surface area contributed by atoms with Crippen molar-refractivity contribution in [1.82, 2.24) is 0 Å². The highest BCUT2D eigenvalue weighted by atomic mass is 19.1. The van der Waals surface area contributed by atoms with Gasteiger partial charge in [-0.15, -0.1) is 0 Å². The first-order chi connectivity index (χ1) is 7.41. The zero-order valence-electron chi connectivity index (χ0n) is 8.95. The summed E-state index contributed by atoms with van der Waals surface area (Å²) in [4.78, 5) is 21.9. The number of amides is 1. The number of halogens is 1. The van der Waals surface area contributed by atoms with Gasteiger partial charge in [-0.1, -0.05) is 6.07 Å². The van der Waals surface area contributed by atoms with E-state index in [1.165, 1.54) is 19.1 Å². The highest BCUT2D eigenvalue weighted by Gasteiger charge is 2.21. The second-order valence-corrected chi connectivity index (χ2v) is 3.53. The third-order valence-corrected chi connectivity index (χ3v) is 2.14. The molecule has 2 N–H and O–H groups in total. The highest BCUT2D eigenvalue weighted by molar-refractivity contribution is 6.03. The summed E-state index contributed by atoms with van der Waals surface area (Å²) in [5.41, 5.74) is 0.776. The minimum Gasteiger partial charge on any atom is -0.481 e. The van der Waals surface area contributed by atoms with Crippen LogP contribution in [0.2, 0.25) is 0 Å². The summed E-state index contributed by atoms with van der Waals surface area (Å²) in [5.74, 6) is -3.78. The fraction of sp³-hybridized carbons (Fsp3) is 0.273. The summed E-state index contributed by atoms with van der Waals surface area (Å²) in [6, 6.07) is 4.23. The standard InChI is InChI=1S/C11H12FNO3/c1-6-3-4-8(12)9(5-6)13-10(14)7(2)11(15)16/h3-5,7H,1-2H3,(H,13,14)(H,15,16). The summed E-state index contributed by atoms with van der Waals surface area (Å²) in [5, 5.41) is 10.8. The molecular weight excluding hydrogens is 213 g/mol. The monoisotopic (exact) mass is 225 g/mol. The van der Waals surface area contributed by atoms with Gasteiger partial charge in [0.15, 0.2) is 0 Å². The van der Waals surface area contributed by atoms with Gasteiger partial charge in [0.1, 0.15) is 11.7 Å². The zero-order valence-corrected chi connectivity index (χ0v) is 8.95. The maximum absolute atomic E-state index is 13.2. The van der Waals surface area contributed by atoms with Gasteiger partial charge in [-0.3, -0.25) is 9.59 Å². The first-order valence-corrected chi connectivity index (χ1v) is 4.71. The SMILES string of the molecule is Cc1ccc(F)c(NC(=O)C(C)C(=O)O)c1. The molecule has 0 aliphatic carbocycles. The lowest BCUT2D eigenvalue weighted by atomic mass is 10.1. The molecule has 1 atom stereocenters. The van der Waals surface area contributed by atoms with E-state index in [9.17, 15) is 14.0 Å². The van der Waals surface area contributed by atoms with Crippen LogP contribution >= 0.6 is 0 Å². The molecular formula is C11H12FNO3. The minimum atomic E-state index is -1.24. The second kappa shape index (κ2) is 4.74. The van der Waals surface area contributed by atoms with Crippen LogP contribution in [0.4, 0.5) is 10.1 Å². The Balaban J connectivity index is 2.84. The van der Waals surface area contributed by atoms with Crippen LogP contribution in [0.25, 0.3) is 0 Å². The molecule has 16 heavy (non-hydrogen) atoms. The predicted octanol–water partition coefficient (Wildman–Crippen LogP) is 1.79. The second-order valence-electron chi connectivity index (χ2n) is 3.53. The lowest BCUT2D eigenvalue weighted by Crippen LogP contribution is -2.27. The molecule has 4 nitrogen and oxygen atoms in total. The number of hydrogen-bond acceptors (Lipinski definition) is 2. The number of benzene rings is 1. The molecule has 0 aromatic heterocycles. The number of aryl methyl sites for hydroxylation is 1. The highest BCUT2D eigenvalue weighted by Crippen LogP contribution is 2.16. The smallest absolute Gasteiger partial charge is 0.315 e. The largest absolute Gasteiger partial charge is 0.481 e. The van der Waals surface area contributed by atoms with Crippen molar-refractivity contribution in [2.75, 3.05) is 5.32 Å². The van der Waals surface area contributed by atoms with Crippen molar-refractivity contribution in [1.29, 1.82) is 0 Å². The van der Waals surface area contributed by atoms with Crippen LogP contribution in [-0.2, 0) is 9.59 Å². The Labute approximate surface area is 92.1 Å². The maximum Gasteiger partial charge on any atom is 0.315 e. The molecule has 0 aliphatic rings. The first-order valence-electron chi connectivity index (χ1n) is 4.71. The molecule has 0 heterocycles. The number of rotatable bonds is 3. The molecule has 1 rings (SSSR count). The predicted molar refractivity (Wildman–Crippen MR) is 56.6 cm³/mol. The van der Waals surface area contributed by atoms with Crippen LogP contribution in [-0.4, -0.2) is 17.0 Å². The Bertz CT molecular complexity index is 431. The molecule has 0 saturated heterocycles. The van der Waals surface area contributed by atoms with Crippen molar-refractivity contribution >= 4 is 17.6 Å². The van der Waals surface area contributed by atoms with Gasteiger partial charge in [0.2, 0.25) is 5.91 Å². The van der Waals surface area contributed by atoms with Crippen LogP contribution in [0, 0.1) is 18.7 Å². The summed E-state index contributed by atoms with van der Waals surface area (Å²) in [6.45, 7) is 2.99. The van der Waals surface area contributed by atoms with E-state index in [2.05, 4.69) is 5.32 Å². The van der Waals surface area contributed by atoms with E-state index in [1.807, 2.05) is 0 Å². The lowest BCUT2D eigenvalue weighted by molar-refractivity contribution is -0.144. The molecule has 1 unspecified atom stereocenters. The van der Waals surface area contributed by atoms with Gasteiger partial charge in [-0.05, 0) is 31.5 Å². The van der Waals surface area contributed by atoms with Gasteiger partial charge in [-0.25, -0.2) is 4.39 Å². The fourth-order valence-corrected chi connectivity index (χ4v) is 1.09. The Hall–Kier alpha value is -1.91. The van der Waals surface area contributed by atoms with Crippen molar-refractivity contribution in [2.45, 2.75) is 13.8 Å². The summed E-state index contributed by atoms with van der Waals surface area (Å²) < 4.78 is 13.2. The topological polar surface area (TPSA) is 66.4 Å². The molecule has 1 aromatic rings. The van der Waals surface area contributed by atoms with Crippen molar-refractivity contribution in [3.8, 4) is 0 Å². The Kier molecular flexibility index (Phi) is 3.60. The van der Waals surface area contributed by atoms with Crippen LogP contribution in [0.15, 0.2) is 18.2 Å². The summed E-state index contributed by atoms with van der Waals surface area (Å²) in [7, 11) is 0. The van der Waals surface area contributed by atoms with Crippen LogP contribution in [0.1, 0.15) is 12.5 Å². The number of nitrogens with one attached hydrogen (secondary N) is 1. The minimum absolute atomic E-state index is 0.00176. The summed E-state index contributed by atoms with van der Waals surface area (Å²) >= 11 is 0. The van der Waals surface area contributed by atoms with Crippen LogP contribution in [0.3, 0.4) is 0 Å². The number of anilines is 1. The van der Waals surface area contributed by atoms with E-state index in [4.69, 9.17) is 5.11 Å². The molecule has 1 amide bonds.